The monoisotopic (exact) mass is 242 g/mol. The number of alkyl halides is 2. The third-order valence-electron chi connectivity index (χ3n) is 2.81. The Hall–Kier alpha value is -1.49. The molecule has 1 atom stereocenters. The SMILES string of the molecule is CC(N)(Cc1c[nH]c2cccc(F)c12)C(F)F. The standard InChI is InChI=1S/C12H13F3N2/c1-12(16,11(14)15)5-7-6-17-9-4-2-3-8(13)10(7)9/h2-4,6,11,17H,5,16H2,1H3. The van der Waals surface area contributed by atoms with Gasteiger partial charge in [0.05, 0.1) is 5.54 Å². The first-order chi connectivity index (χ1) is 7.92. The van der Waals surface area contributed by atoms with Crippen molar-refractivity contribution in [1.29, 1.82) is 0 Å². The second-order valence-electron chi connectivity index (χ2n) is 4.46. The summed E-state index contributed by atoms with van der Waals surface area (Å²) >= 11 is 0. The predicted octanol–water partition coefficient (Wildman–Crippen LogP) is 2.83. The highest BCUT2D eigenvalue weighted by Gasteiger charge is 2.31. The molecule has 2 rings (SSSR count). The van der Waals surface area contributed by atoms with Gasteiger partial charge in [-0.05, 0) is 31.0 Å². The van der Waals surface area contributed by atoms with Crippen molar-refractivity contribution in [2.75, 3.05) is 0 Å². The molecule has 0 aliphatic heterocycles. The maximum atomic E-state index is 13.6. The predicted molar refractivity (Wildman–Crippen MR) is 60.6 cm³/mol. The number of H-pyrrole nitrogens is 1. The van der Waals surface area contributed by atoms with Crippen LogP contribution in [0.2, 0.25) is 0 Å². The van der Waals surface area contributed by atoms with Gasteiger partial charge in [0.1, 0.15) is 5.82 Å². The molecule has 0 aliphatic rings. The minimum atomic E-state index is -2.65. The fourth-order valence-corrected chi connectivity index (χ4v) is 1.83. The van der Waals surface area contributed by atoms with Crippen LogP contribution in [0.5, 0.6) is 0 Å². The lowest BCUT2D eigenvalue weighted by molar-refractivity contribution is 0.0641. The summed E-state index contributed by atoms with van der Waals surface area (Å²) < 4.78 is 39.0. The zero-order valence-corrected chi connectivity index (χ0v) is 9.31. The number of hydrogen-bond acceptors (Lipinski definition) is 1. The van der Waals surface area contributed by atoms with Gasteiger partial charge in [-0.1, -0.05) is 6.07 Å². The number of rotatable bonds is 3. The van der Waals surface area contributed by atoms with Gasteiger partial charge < -0.3 is 10.7 Å². The Morgan fingerprint density at radius 3 is 2.76 bits per heavy atom. The van der Waals surface area contributed by atoms with E-state index < -0.39 is 17.8 Å². The summed E-state index contributed by atoms with van der Waals surface area (Å²) in [4.78, 5) is 2.85. The Balaban J connectivity index is 2.44. The van der Waals surface area contributed by atoms with Crippen molar-refractivity contribution in [2.24, 2.45) is 5.73 Å². The fraction of sp³-hybridized carbons (Fsp3) is 0.333. The van der Waals surface area contributed by atoms with Crippen LogP contribution in [0.1, 0.15) is 12.5 Å². The average molecular weight is 242 g/mol. The van der Waals surface area contributed by atoms with E-state index in [4.69, 9.17) is 5.73 Å². The van der Waals surface area contributed by atoms with Crippen LogP contribution in [0.15, 0.2) is 24.4 Å². The molecule has 1 heterocycles. The zero-order chi connectivity index (χ0) is 12.6. The summed E-state index contributed by atoms with van der Waals surface area (Å²) in [6, 6.07) is 4.56. The normalized spacial score (nSPS) is 15.4. The minimum absolute atomic E-state index is 0.0778. The summed E-state index contributed by atoms with van der Waals surface area (Å²) in [6.07, 6.45) is -1.20. The topological polar surface area (TPSA) is 41.8 Å². The van der Waals surface area contributed by atoms with Crippen LogP contribution in [-0.2, 0) is 6.42 Å². The van der Waals surface area contributed by atoms with Gasteiger partial charge in [-0.3, -0.25) is 0 Å². The summed E-state index contributed by atoms with van der Waals surface area (Å²) in [5.74, 6) is -0.427. The molecule has 2 nitrogen and oxygen atoms in total. The number of halogens is 3. The van der Waals surface area contributed by atoms with Gasteiger partial charge in [-0.25, -0.2) is 13.2 Å². The molecule has 0 amide bonds. The van der Waals surface area contributed by atoms with Crippen LogP contribution in [0.4, 0.5) is 13.2 Å². The van der Waals surface area contributed by atoms with Crippen molar-refractivity contribution in [2.45, 2.75) is 25.3 Å². The molecule has 0 bridgehead atoms. The molecule has 1 aromatic heterocycles. The van der Waals surface area contributed by atoms with Gasteiger partial charge in [0.15, 0.2) is 0 Å². The number of nitrogens with two attached hydrogens (primary N) is 1. The Morgan fingerprint density at radius 2 is 2.12 bits per heavy atom. The molecule has 0 radical (unpaired) electrons. The molecule has 5 heteroatoms. The summed E-state index contributed by atoms with van der Waals surface area (Å²) in [5, 5.41) is 0.338. The van der Waals surface area contributed by atoms with E-state index >= 15 is 0 Å². The van der Waals surface area contributed by atoms with E-state index in [1.807, 2.05) is 0 Å². The quantitative estimate of drug-likeness (QED) is 0.853. The van der Waals surface area contributed by atoms with Gasteiger partial charge in [0, 0.05) is 17.1 Å². The van der Waals surface area contributed by atoms with Crippen molar-refractivity contribution >= 4 is 10.9 Å². The van der Waals surface area contributed by atoms with Crippen molar-refractivity contribution in [3.05, 3.63) is 35.8 Å². The molecule has 3 N–H and O–H groups in total. The van der Waals surface area contributed by atoms with E-state index in [9.17, 15) is 13.2 Å². The Kier molecular flexibility index (Phi) is 2.87. The molecule has 0 saturated carbocycles. The molecular weight excluding hydrogens is 229 g/mol. The summed E-state index contributed by atoms with van der Waals surface area (Å²) in [7, 11) is 0. The van der Waals surface area contributed by atoms with Gasteiger partial charge in [0.2, 0.25) is 0 Å². The van der Waals surface area contributed by atoms with E-state index in [2.05, 4.69) is 4.98 Å². The van der Waals surface area contributed by atoms with Gasteiger partial charge in [-0.2, -0.15) is 0 Å². The third kappa shape index (κ3) is 2.15. The van der Waals surface area contributed by atoms with Gasteiger partial charge >= 0.3 is 0 Å². The highest BCUT2D eigenvalue weighted by Crippen LogP contribution is 2.26. The van der Waals surface area contributed by atoms with E-state index in [0.717, 1.165) is 0 Å². The number of benzene rings is 1. The van der Waals surface area contributed by atoms with Crippen molar-refractivity contribution in [3.8, 4) is 0 Å². The molecule has 0 fully saturated rings. The van der Waals surface area contributed by atoms with Crippen LogP contribution in [-0.4, -0.2) is 16.9 Å². The van der Waals surface area contributed by atoms with Gasteiger partial charge in [-0.15, -0.1) is 0 Å². The lowest BCUT2D eigenvalue weighted by atomic mass is 9.94. The maximum Gasteiger partial charge on any atom is 0.256 e. The highest BCUT2D eigenvalue weighted by atomic mass is 19.3. The number of aromatic nitrogens is 1. The molecule has 0 aliphatic carbocycles. The lowest BCUT2D eigenvalue weighted by Gasteiger charge is -2.23. The smallest absolute Gasteiger partial charge is 0.256 e. The Morgan fingerprint density at radius 1 is 1.41 bits per heavy atom. The molecule has 1 unspecified atom stereocenters. The number of nitrogens with one attached hydrogen (secondary N) is 1. The van der Waals surface area contributed by atoms with E-state index in [1.54, 1.807) is 12.1 Å². The summed E-state index contributed by atoms with van der Waals surface area (Å²) in [6.45, 7) is 1.26. The molecule has 0 spiro atoms. The largest absolute Gasteiger partial charge is 0.361 e. The number of hydrogen-bond donors (Lipinski definition) is 2. The van der Waals surface area contributed by atoms with Crippen molar-refractivity contribution < 1.29 is 13.2 Å². The van der Waals surface area contributed by atoms with Crippen molar-refractivity contribution in [3.63, 3.8) is 0 Å². The third-order valence-corrected chi connectivity index (χ3v) is 2.81. The molecule has 17 heavy (non-hydrogen) atoms. The molecule has 92 valence electrons. The first-order valence-corrected chi connectivity index (χ1v) is 5.23. The second-order valence-corrected chi connectivity index (χ2v) is 4.46. The van der Waals surface area contributed by atoms with Crippen LogP contribution >= 0.6 is 0 Å². The van der Waals surface area contributed by atoms with Gasteiger partial charge in [0.25, 0.3) is 6.43 Å². The maximum absolute atomic E-state index is 13.6. The zero-order valence-electron chi connectivity index (χ0n) is 9.31. The molecule has 0 saturated heterocycles. The van der Waals surface area contributed by atoms with Crippen LogP contribution < -0.4 is 5.73 Å². The van der Waals surface area contributed by atoms with Crippen molar-refractivity contribution in [1.82, 2.24) is 4.98 Å². The van der Waals surface area contributed by atoms with E-state index in [-0.39, 0.29) is 6.42 Å². The highest BCUT2D eigenvalue weighted by molar-refractivity contribution is 5.83. The first kappa shape index (κ1) is 12.0. The molecular formula is C12H13F3N2. The second kappa shape index (κ2) is 4.07. The van der Waals surface area contributed by atoms with Crippen LogP contribution in [0.25, 0.3) is 10.9 Å². The first-order valence-electron chi connectivity index (χ1n) is 5.23. The van der Waals surface area contributed by atoms with E-state index in [1.165, 1.54) is 19.2 Å². The fourth-order valence-electron chi connectivity index (χ4n) is 1.83. The Bertz CT molecular complexity index is 532. The van der Waals surface area contributed by atoms with E-state index in [0.29, 0.717) is 16.5 Å². The number of fused-ring (bicyclic) bond motifs is 1. The Labute approximate surface area is 96.6 Å². The minimum Gasteiger partial charge on any atom is -0.361 e. The average Bonchev–Trinajstić information content (AvgIpc) is 2.62. The molecule has 2 aromatic rings. The number of aromatic amines is 1. The summed E-state index contributed by atoms with van der Waals surface area (Å²) in [5.41, 5.74) is 4.91. The van der Waals surface area contributed by atoms with Crippen LogP contribution in [0.3, 0.4) is 0 Å². The molecule has 1 aromatic carbocycles. The lowest BCUT2D eigenvalue weighted by Crippen LogP contribution is -2.45. The van der Waals surface area contributed by atoms with Crippen LogP contribution in [0, 0.1) is 5.82 Å².